The lowest BCUT2D eigenvalue weighted by molar-refractivity contribution is -0.384. The topological polar surface area (TPSA) is 103 Å². The summed E-state index contributed by atoms with van der Waals surface area (Å²) in [4.78, 5) is 11.1. The first-order valence-electron chi connectivity index (χ1n) is 5.54. The van der Waals surface area contributed by atoms with E-state index in [1.165, 1.54) is 29.5 Å². The molecule has 2 aromatic rings. The van der Waals surface area contributed by atoms with Gasteiger partial charge in [-0.05, 0) is 12.1 Å². The molecule has 0 radical (unpaired) electrons. The van der Waals surface area contributed by atoms with Crippen LogP contribution in [-0.4, -0.2) is 4.92 Å². The Kier molecular flexibility index (Phi) is 3.94. The lowest BCUT2D eigenvalue weighted by Gasteiger charge is -2.06. The van der Waals surface area contributed by atoms with Gasteiger partial charge in [-0.2, -0.15) is 10.5 Å². The largest absolute Gasteiger partial charge is 0.379 e. The van der Waals surface area contributed by atoms with Gasteiger partial charge in [0.1, 0.15) is 12.1 Å². The summed E-state index contributed by atoms with van der Waals surface area (Å²) in [5.74, 6) is 0. The maximum Gasteiger partial charge on any atom is 0.270 e. The molecule has 1 aromatic heterocycles. The molecule has 1 aromatic carbocycles. The number of rotatable bonds is 4. The van der Waals surface area contributed by atoms with Crippen molar-refractivity contribution >= 4 is 22.7 Å². The summed E-state index contributed by atoms with van der Waals surface area (Å²) < 4.78 is 0. The molecule has 1 N–H and O–H groups in total. The van der Waals surface area contributed by atoms with Gasteiger partial charge in [0, 0.05) is 28.9 Å². The Labute approximate surface area is 118 Å². The van der Waals surface area contributed by atoms with Crippen LogP contribution in [0.15, 0.2) is 29.6 Å². The van der Waals surface area contributed by atoms with E-state index in [9.17, 15) is 10.1 Å². The molecule has 0 aliphatic heterocycles. The van der Waals surface area contributed by atoms with Crippen molar-refractivity contribution in [3.63, 3.8) is 0 Å². The Bertz CT molecular complexity index is 740. The number of thiophene rings is 1. The maximum absolute atomic E-state index is 10.6. The van der Waals surface area contributed by atoms with Gasteiger partial charge in [0.25, 0.3) is 5.69 Å². The molecule has 20 heavy (non-hydrogen) atoms. The highest BCUT2D eigenvalue weighted by atomic mass is 32.1. The van der Waals surface area contributed by atoms with E-state index in [0.29, 0.717) is 17.8 Å². The van der Waals surface area contributed by atoms with Crippen LogP contribution in [0, 0.1) is 32.8 Å². The van der Waals surface area contributed by atoms with Gasteiger partial charge in [-0.15, -0.1) is 11.3 Å². The SMILES string of the molecule is N#Cc1csc(CNc2ccc([N+](=O)[O-])cc2C#N)c1. The highest BCUT2D eigenvalue weighted by Crippen LogP contribution is 2.23. The molecule has 7 heteroatoms. The lowest BCUT2D eigenvalue weighted by atomic mass is 10.1. The molecule has 98 valence electrons. The van der Waals surface area contributed by atoms with Crippen LogP contribution in [0.25, 0.3) is 0 Å². The molecule has 0 saturated heterocycles. The molecule has 0 aliphatic carbocycles. The molecule has 0 saturated carbocycles. The zero-order chi connectivity index (χ0) is 14.5. The molecule has 0 unspecified atom stereocenters. The average Bonchev–Trinajstić information content (AvgIpc) is 2.92. The van der Waals surface area contributed by atoms with Crippen molar-refractivity contribution in [2.45, 2.75) is 6.54 Å². The van der Waals surface area contributed by atoms with Crippen molar-refractivity contribution in [2.24, 2.45) is 0 Å². The summed E-state index contributed by atoms with van der Waals surface area (Å²) in [5, 5.41) is 33.2. The van der Waals surface area contributed by atoms with Gasteiger partial charge in [-0.25, -0.2) is 0 Å². The number of hydrogen-bond donors (Lipinski definition) is 1. The Hall–Kier alpha value is -2.90. The van der Waals surface area contributed by atoms with Gasteiger partial charge in [0.2, 0.25) is 0 Å². The molecule has 6 nitrogen and oxygen atoms in total. The predicted octanol–water partition coefficient (Wildman–Crippen LogP) is 3.01. The number of nitrogens with one attached hydrogen (secondary N) is 1. The quantitative estimate of drug-likeness (QED) is 0.686. The monoisotopic (exact) mass is 284 g/mol. The normalized spacial score (nSPS) is 9.50. The first-order valence-corrected chi connectivity index (χ1v) is 6.42. The standard InChI is InChI=1S/C13H8N4O2S/c14-5-9-3-12(20-8-9)7-16-13-2-1-11(17(18)19)4-10(13)6-15/h1-4,8,16H,7H2. The summed E-state index contributed by atoms with van der Waals surface area (Å²) in [6, 6.07) is 9.82. The molecule has 0 amide bonds. The number of nitriles is 2. The van der Waals surface area contributed by atoms with Crippen molar-refractivity contribution < 1.29 is 4.92 Å². The number of nitrogens with zero attached hydrogens (tertiary/aromatic N) is 3. The van der Waals surface area contributed by atoms with E-state index in [4.69, 9.17) is 10.5 Å². The third kappa shape index (κ3) is 2.91. The van der Waals surface area contributed by atoms with E-state index in [1.54, 1.807) is 11.4 Å². The van der Waals surface area contributed by atoms with Crippen LogP contribution in [0.2, 0.25) is 0 Å². The van der Waals surface area contributed by atoms with Crippen LogP contribution in [0.3, 0.4) is 0 Å². The van der Waals surface area contributed by atoms with E-state index >= 15 is 0 Å². The van der Waals surface area contributed by atoms with Gasteiger partial charge in [0.15, 0.2) is 0 Å². The third-order valence-corrected chi connectivity index (χ3v) is 3.51. The minimum absolute atomic E-state index is 0.116. The van der Waals surface area contributed by atoms with Gasteiger partial charge < -0.3 is 5.32 Å². The molecular formula is C13H8N4O2S. The fourth-order valence-electron chi connectivity index (χ4n) is 1.61. The van der Waals surface area contributed by atoms with Gasteiger partial charge >= 0.3 is 0 Å². The second kappa shape index (κ2) is 5.83. The number of benzene rings is 1. The highest BCUT2D eigenvalue weighted by molar-refractivity contribution is 7.10. The highest BCUT2D eigenvalue weighted by Gasteiger charge is 2.10. The second-order valence-electron chi connectivity index (χ2n) is 3.87. The second-order valence-corrected chi connectivity index (χ2v) is 4.86. The molecule has 0 fully saturated rings. The van der Waals surface area contributed by atoms with Crippen LogP contribution >= 0.6 is 11.3 Å². The number of hydrogen-bond acceptors (Lipinski definition) is 6. The Morgan fingerprint density at radius 1 is 1.30 bits per heavy atom. The Morgan fingerprint density at radius 2 is 2.10 bits per heavy atom. The summed E-state index contributed by atoms with van der Waals surface area (Å²) in [6.45, 7) is 0.457. The van der Waals surface area contributed by atoms with Crippen molar-refractivity contribution in [3.05, 3.63) is 55.8 Å². The maximum atomic E-state index is 10.6. The predicted molar refractivity (Wildman–Crippen MR) is 74.2 cm³/mol. The van der Waals surface area contributed by atoms with Crippen LogP contribution in [0.5, 0.6) is 0 Å². The van der Waals surface area contributed by atoms with Crippen LogP contribution in [0.1, 0.15) is 16.0 Å². The molecule has 0 bridgehead atoms. The molecule has 0 aliphatic rings. The van der Waals surface area contributed by atoms with Crippen molar-refractivity contribution in [1.82, 2.24) is 0 Å². The Balaban J connectivity index is 2.15. The summed E-state index contributed by atoms with van der Waals surface area (Å²) in [6.07, 6.45) is 0. The first-order chi connectivity index (χ1) is 9.63. The summed E-state index contributed by atoms with van der Waals surface area (Å²) in [5.41, 5.74) is 1.23. The van der Waals surface area contributed by atoms with E-state index in [2.05, 4.69) is 5.32 Å². The van der Waals surface area contributed by atoms with Gasteiger partial charge in [-0.1, -0.05) is 0 Å². The first kappa shape index (κ1) is 13.5. The third-order valence-electron chi connectivity index (χ3n) is 2.57. The molecule has 1 heterocycles. The van der Waals surface area contributed by atoms with Crippen LogP contribution in [0.4, 0.5) is 11.4 Å². The molecule has 0 atom stereocenters. The van der Waals surface area contributed by atoms with Crippen molar-refractivity contribution in [3.8, 4) is 12.1 Å². The van der Waals surface area contributed by atoms with E-state index in [-0.39, 0.29) is 11.3 Å². The fourth-order valence-corrected chi connectivity index (χ4v) is 2.36. The van der Waals surface area contributed by atoms with Crippen molar-refractivity contribution in [1.29, 1.82) is 10.5 Å². The van der Waals surface area contributed by atoms with E-state index < -0.39 is 4.92 Å². The smallest absolute Gasteiger partial charge is 0.270 e. The number of non-ortho nitro benzene ring substituents is 1. The molecule has 0 spiro atoms. The minimum Gasteiger partial charge on any atom is -0.379 e. The van der Waals surface area contributed by atoms with E-state index in [1.807, 2.05) is 12.1 Å². The Morgan fingerprint density at radius 3 is 2.70 bits per heavy atom. The average molecular weight is 284 g/mol. The summed E-state index contributed by atoms with van der Waals surface area (Å²) >= 11 is 1.44. The van der Waals surface area contributed by atoms with Crippen molar-refractivity contribution in [2.75, 3.05) is 5.32 Å². The van der Waals surface area contributed by atoms with E-state index in [0.717, 1.165) is 4.88 Å². The zero-order valence-corrected chi connectivity index (χ0v) is 11.0. The van der Waals surface area contributed by atoms with Gasteiger partial charge in [-0.3, -0.25) is 10.1 Å². The number of nitro benzene ring substituents is 1. The summed E-state index contributed by atoms with van der Waals surface area (Å²) in [7, 11) is 0. The molecule has 2 rings (SSSR count). The molecular weight excluding hydrogens is 276 g/mol. The fraction of sp³-hybridized carbons (Fsp3) is 0.0769. The van der Waals surface area contributed by atoms with Crippen LogP contribution in [-0.2, 0) is 6.54 Å². The number of nitro groups is 1. The van der Waals surface area contributed by atoms with Gasteiger partial charge in [0.05, 0.1) is 21.7 Å². The number of anilines is 1. The minimum atomic E-state index is -0.539. The zero-order valence-electron chi connectivity index (χ0n) is 10.2. The lowest BCUT2D eigenvalue weighted by Crippen LogP contribution is -2.00. The van der Waals surface area contributed by atoms with Crippen LogP contribution < -0.4 is 5.32 Å².